The molecule has 1 aliphatic rings. The van der Waals surface area contributed by atoms with E-state index in [1.807, 2.05) is 30.2 Å². The minimum atomic E-state index is 0.410. The number of piperidine rings is 1. The van der Waals surface area contributed by atoms with Crippen LogP contribution in [-0.4, -0.2) is 46.9 Å². The molecule has 3 heterocycles. The maximum Gasteiger partial charge on any atom is 0.191 e. The van der Waals surface area contributed by atoms with Gasteiger partial charge in [0.05, 0.1) is 5.69 Å². The molecule has 0 saturated carbocycles. The van der Waals surface area contributed by atoms with Gasteiger partial charge in [0.1, 0.15) is 5.82 Å². The highest BCUT2D eigenvalue weighted by Crippen LogP contribution is 2.18. The fourth-order valence-corrected chi connectivity index (χ4v) is 3.70. The predicted molar refractivity (Wildman–Crippen MR) is 121 cm³/mol. The number of benzene rings is 1. The molecule has 1 aromatic carbocycles. The zero-order chi connectivity index (χ0) is 20.8. The summed E-state index contributed by atoms with van der Waals surface area (Å²) in [6, 6.07) is 14.9. The highest BCUT2D eigenvalue weighted by Gasteiger charge is 2.20. The van der Waals surface area contributed by atoms with Gasteiger partial charge in [0.15, 0.2) is 5.96 Å². The summed E-state index contributed by atoms with van der Waals surface area (Å²) in [4.78, 5) is 11.3. The van der Waals surface area contributed by atoms with Gasteiger partial charge in [0, 0.05) is 51.3 Å². The third-order valence-electron chi connectivity index (χ3n) is 5.42. The molecule has 1 aliphatic heterocycles. The summed E-state index contributed by atoms with van der Waals surface area (Å²) in [6.07, 6.45) is 7.80. The summed E-state index contributed by atoms with van der Waals surface area (Å²) in [5.41, 5.74) is 3.44. The van der Waals surface area contributed by atoms with Crippen LogP contribution in [0.5, 0.6) is 0 Å². The van der Waals surface area contributed by atoms with Gasteiger partial charge >= 0.3 is 0 Å². The molecule has 0 bridgehead atoms. The van der Waals surface area contributed by atoms with Crippen LogP contribution in [0.25, 0.3) is 5.69 Å². The van der Waals surface area contributed by atoms with E-state index in [9.17, 15) is 0 Å². The molecule has 30 heavy (non-hydrogen) atoms. The number of nitrogens with zero attached hydrogens (tertiary/aromatic N) is 5. The van der Waals surface area contributed by atoms with Gasteiger partial charge in [0.25, 0.3) is 0 Å². The fraction of sp³-hybridized carbons (Fsp3) is 0.348. The quantitative estimate of drug-likeness (QED) is 0.506. The van der Waals surface area contributed by atoms with E-state index in [1.165, 1.54) is 11.1 Å². The average molecular weight is 404 g/mol. The summed E-state index contributed by atoms with van der Waals surface area (Å²) in [6.45, 7) is 4.77. The van der Waals surface area contributed by atoms with Crippen molar-refractivity contribution in [2.45, 2.75) is 32.4 Å². The molecule has 0 amide bonds. The molecule has 1 fully saturated rings. The number of guanidine groups is 1. The SMILES string of the molecule is CN=C(NCc1cccc(-n2cccn2)c1)NC1CCN(c2ccc(C)cn2)CC1. The van der Waals surface area contributed by atoms with E-state index in [0.29, 0.717) is 12.6 Å². The van der Waals surface area contributed by atoms with Gasteiger partial charge in [-0.1, -0.05) is 18.2 Å². The van der Waals surface area contributed by atoms with Crippen LogP contribution in [0.1, 0.15) is 24.0 Å². The first kappa shape index (κ1) is 19.9. The van der Waals surface area contributed by atoms with Crippen molar-refractivity contribution in [3.05, 3.63) is 72.2 Å². The molecule has 0 radical (unpaired) electrons. The molecule has 3 aromatic rings. The number of nitrogens with one attached hydrogen (secondary N) is 2. The summed E-state index contributed by atoms with van der Waals surface area (Å²) >= 11 is 0. The number of pyridine rings is 1. The van der Waals surface area contributed by atoms with E-state index in [2.05, 4.69) is 73.9 Å². The molecule has 0 spiro atoms. The van der Waals surface area contributed by atoms with Crippen molar-refractivity contribution < 1.29 is 0 Å². The van der Waals surface area contributed by atoms with E-state index in [0.717, 1.165) is 43.4 Å². The summed E-state index contributed by atoms with van der Waals surface area (Å²) in [5.74, 6) is 1.91. The summed E-state index contributed by atoms with van der Waals surface area (Å²) in [7, 11) is 1.82. The molecule has 2 aromatic heterocycles. The van der Waals surface area contributed by atoms with Gasteiger partial charge in [-0.2, -0.15) is 5.10 Å². The van der Waals surface area contributed by atoms with Crippen LogP contribution >= 0.6 is 0 Å². The zero-order valence-corrected chi connectivity index (χ0v) is 17.6. The molecule has 2 N–H and O–H groups in total. The second-order valence-electron chi connectivity index (χ2n) is 7.65. The Labute approximate surface area is 177 Å². The zero-order valence-electron chi connectivity index (χ0n) is 17.6. The van der Waals surface area contributed by atoms with Crippen molar-refractivity contribution in [1.82, 2.24) is 25.4 Å². The van der Waals surface area contributed by atoms with E-state index in [4.69, 9.17) is 0 Å². The lowest BCUT2D eigenvalue weighted by Gasteiger charge is -2.33. The van der Waals surface area contributed by atoms with Gasteiger partial charge in [-0.15, -0.1) is 0 Å². The molecular formula is C23H29N7. The summed E-state index contributed by atoms with van der Waals surface area (Å²) < 4.78 is 1.87. The Hall–Kier alpha value is -3.35. The molecule has 0 aliphatic carbocycles. The maximum atomic E-state index is 4.56. The monoisotopic (exact) mass is 403 g/mol. The molecule has 1 saturated heterocycles. The standard InChI is InChI=1S/C23H29N7/c1-18-7-8-22(25-16-18)29-13-9-20(10-14-29)28-23(24-2)26-17-19-5-3-6-21(15-19)30-12-4-11-27-30/h3-8,11-12,15-16,20H,9-10,13-14,17H2,1-2H3,(H2,24,26,28). The fourth-order valence-electron chi connectivity index (χ4n) is 3.70. The number of rotatable bonds is 5. The normalized spacial score (nSPS) is 15.3. The Morgan fingerprint density at radius 3 is 2.73 bits per heavy atom. The first-order valence-electron chi connectivity index (χ1n) is 10.4. The van der Waals surface area contributed by atoms with Crippen molar-refractivity contribution in [3.8, 4) is 5.69 Å². The van der Waals surface area contributed by atoms with Crippen LogP contribution in [0, 0.1) is 6.92 Å². The highest BCUT2D eigenvalue weighted by atomic mass is 15.3. The minimum absolute atomic E-state index is 0.410. The third-order valence-corrected chi connectivity index (χ3v) is 5.42. The molecule has 156 valence electrons. The Kier molecular flexibility index (Phi) is 6.27. The van der Waals surface area contributed by atoms with Gasteiger partial charge in [-0.3, -0.25) is 4.99 Å². The van der Waals surface area contributed by atoms with Gasteiger partial charge in [-0.25, -0.2) is 9.67 Å². The lowest BCUT2D eigenvalue weighted by molar-refractivity contribution is 0.459. The lowest BCUT2D eigenvalue weighted by Crippen LogP contribution is -2.48. The average Bonchev–Trinajstić information content (AvgIpc) is 3.33. The van der Waals surface area contributed by atoms with E-state index < -0.39 is 0 Å². The number of aromatic nitrogens is 3. The second-order valence-corrected chi connectivity index (χ2v) is 7.65. The summed E-state index contributed by atoms with van der Waals surface area (Å²) in [5, 5.41) is 11.3. The van der Waals surface area contributed by atoms with Gasteiger partial charge < -0.3 is 15.5 Å². The van der Waals surface area contributed by atoms with Crippen LogP contribution in [0.15, 0.2) is 66.0 Å². The largest absolute Gasteiger partial charge is 0.356 e. The Balaban J connectivity index is 1.28. The number of anilines is 1. The second kappa shape index (κ2) is 9.43. The van der Waals surface area contributed by atoms with Crippen molar-refractivity contribution >= 4 is 11.8 Å². The first-order valence-corrected chi connectivity index (χ1v) is 10.4. The van der Waals surface area contributed by atoms with Crippen molar-refractivity contribution in [2.75, 3.05) is 25.0 Å². The van der Waals surface area contributed by atoms with Crippen molar-refractivity contribution in [3.63, 3.8) is 0 Å². The van der Waals surface area contributed by atoms with Crippen molar-refractivity contribution in [2.24, 2.45) is 4.99 Å². The molecule has 7 nitrogen and oxygen atoms in total. The number of hydrogen-bond acceptors (Lipinski definition) is 4. The topological polar surface area (TPSA) is 70.4 Å². The van der Waals surface area contributed by atoms with E-state index in [-0.39, 0.29) is 0 Å². The maximum absolute atomic E-state index is 4.56. The van der Waals surface area contributed by atoms with Crippen LogP contribution < -0.4 is 15.5 Å². The highest BCUT2D eigenvalue weighted by molar-refractivity contribution is 5.80. The lowest BCUT2D eigenvalue weighted by atomic mass is 10.1. The Morgan fingerprint density at radius 1 is 1.17 bits per heavy atom. The van der Waals surface area contributed by atoms with E-state index in [1.54, 1.807) is 6.20 Å². The Morgan fingerprint density at radius 2 is 2.03 bits per heavy atom. The predicted octanol–water partition coefficient (Wildman–Crippen LogP) is 2.91. The minimum Gasteiger partial charge on any atom is -0.356 e. The van der Waals surface area contributed by atoms with E-state index >= 15 is 0 Å². The number of aryl methyl sites for hydroxylation is 1. The molecular weight excluding hydrogens is 374 g/mol. The molecule has 0 unspecified atom stereocenters. The molecule has 0 atom stereocenters. The Bertz CT molecular complexity index is 955. The van der Waals surface area contributed by atoms with Gasteiger partial charge in [0.2, 0.25) is 0 Å². The van der Waals surface area contributed by atoms with Crippen LogP contribution in [0.3, 0.4) is 0 Å². The van der Waals surface area contributed by atoms with Gasteiger partial charge in [-0.05, 0) is 55.2 Å². The van der Waals surface area contributed by atoms with Crippen LogP contribution in [-0.2, 0) is 6.54 Å². The number of hydrogen-bond donors (Lipinski definition) is 2. The first-order chi connectivity index (χ1) is 14.7. The van der Waals surface area contributed by atoms with Crippen LogP contribution in [0.4, 0.5) is 5.82 Å². The smallest absolute Gasteiger partial charge is 0.191 e. The third kappa shape index (κ3) is 4.97. The molecule has 4 rings (SSSR count). The molecule has 7 heteroatoms. The van der Waals surface area contributed by atoms with Crippen molar-refractivity contribution in [1.29, 1.82) is 0 Å². The van der Waals surface area contributed by atoms with Crippen LogP contribution in [0.2, 0.25) is 0 Å². The number of aliphatic imine (C=N–C) groups is 1.